The van der Waals surface area contributed by atoms with Crippen LogP contribution in [0, 0.1) is 5.41 Å². The first-order valence-electron chi connectivity index (χ1n) is 6.25. The smallest absolute Gasteiger partial charge is 0.312 e. The van der Waals surface area contributed by atoms with Gasteiger partial charge in [-0.25, -0.2) is 0 Å². The van der Waals surface area contributed by atoms with Crippen LogP contribution in [-0.2, 0) is 16.0 Å². The van der Waals surface area contributed by atoms with E-state index in [1.165, 1.54) is 13.5 Å². The largest absolute Gasteiger partial charge is 0.469 e. The Labute approximate surface area is 102 Å². The van der Waals surface area contributed by atoms with Crippen LogP contribution in [0.3, 0.4) is 0 Å². The van der Waals surface area contributed by atoms with E-state index in [0.29, 0.717) is 6.42 Å². The molecule has 1 heterocycles. The number of carbonyl (C=O) groups excluding carboxylic acids is 1. The zero-order valence-electron chi connectivity index (χ0n) is 10.3. The van der Waals surface area contributed by atoms with Gasteiger partial charge < -0.3 is 4.74 Å². The second-order valence-corrected chi connectivity index (χ2v) is 4.83. The number of aromatic nitrogens is 1. The lowest BCUT2D eigenvalue weighted by Gasteiger charge is -2.34. The molecule has 1 aromatic heterocycles. The molecule has 3 heteroatoms. The molecule has 0 unspecified atom stereocenters. The van der Waals surface area contributed by atoms with Crippen LogP contribution in [0.2, 0.25) is 0 Å². The second kappa shape index (κ2) is 5.30. The van der Waals surface area contributed by atoms with E-state index in [-0.39, 0.29) is 11.4 Å². The Morgan fingerprint density at radius 3 is 2.71 bits per heavy atom. The highest BCUT2D eigenvalue weighted by Crippen LogP contribution is 2.39. The lowest BCUT2D eigenvalue weighted by molar-refractivity contribution is -0.155. The Morgan fingerprint density at radius 1 is 1.35 bits per heavy atom. The SMILES string of the molecule is COC(=O)C1(Cc2ccccn2)CCCCC1. The molecule has 0 radical (unpaired) electrons. The number of rotatable bonds is 3. The molecule has 0 aromatic carbocycles. The minimum absolute atomic E-state index is 0.0668. The molecule has 1 fully saturated rings. The van der Waals surface area contributed by atoms with E-state index >= 15 is 0 Å². The highest BCUT2D eigenvalue weighted by molar-refractivity contribution is 5.77. The summed E-state index contributed by atoms with van der Waals surface area (Å²) in [6.07, 6.45) is 7.79. The number of carbonyl (C=O) groups is 1. The Bertz CT molecular complexity index is 369. The van der Waals surface area contributed by atoms with Crippen molar-refractivity contribution in [3.63, 3.8) is 0 Å². The van der Waals surface area contributed by atoms with E-state index in [9.17, 15) is 4.79 Å². The molecule has 92 valence electrons. The van der Waals surface area contributed by atoms with E-state index in [0.717, 1.165) is 31.4 Å². The first kappa shape index (κ1) is 12.1. The third-order valence-corrected chi connectivity index (χ3v) is 3.67. The van der Waals surface area contributed by atoms with Gasteiger partial charge in [0.1, 0.15) is 0 Å². The van der Waals surface area contributed by atoms with Crippen molar-refractivity contribution in [2.45, 2.75) is 38.5 Å². The van der Waals surface area contributed by atoms with Crippen molar-refractivity contribution in [1.29, 1.82) is 0 Å². The molecular formula is C14H19NO2. The molecule has 0 aliphatic heterocycles. The van der Waals surface area contributed by atoms with Gasteiger partial charge in [-0.05, 0) is 25.0 Å². The van der Waals surface area contributed by atoms with Gasteiger partial charge in [0.2, 0.25) is 0 Å². The van der Waals surface area contributed by atoms with Crippen molar-refractivity contribution in [2.24, 2.45) is 5.41 Å². The summed E-state index contributed by atoms with van der Waals surface area (Å²) in [6.45, 7) is 0. The zero-order chi connectivity index (χ0) is 12.1. The third-order valence-electron chi connectivity index (χ3n) is 3.67. The summed E-state index contributed by atoms with van der Waals surface area (Å²) in [6, 6.07) is 5.85. The predicted octanol–water partition coefficient (Wildman–Crippen LogP) is 2.75. The maximum atomic E-state index is 12.0. The van der Waals surface area contributed by atoms with Crippen LogP contribution >= 0.6 is 0 Å². The fourth-order valence-electron chi connectivity index (χ4n) is 2.75. The van der Waals surface area contributed by atoms with Crippen molar-refractivity contribution in [2.75, 3.05) is 7.11 Å². The van der Waals surface area contributed by atoms with Gasteiger partial charge in [0, 0.05) is 18.3 Å². The minimum Gasteiger partial charge on any atom is -0.469 e. The molecule has 0 amide bonds. The lowest BCUT2D eigenvalue weighted by atomic mass is 9.71. The fourth-order valence-corrected chi connectivity index (χ4v) is 2.75. The van der Waals surface area contributed by atoms with Crippen LogP contribution < -0.4 is 0 Å². The number of hydrogen-bond acceptors (Lipinski definition) is 3. The van der Waals surface area contributed by atoms with Crippen LogP contribution in [0.5, 0.6) is 0 Å². The Balaban J connectivity index is 2.19. The Morgan fingerprint density at radius 2 is 2.12 bits per heavy atom. The molecule has 0 saturated heterocycles. The average Bonchev–Trinajstić information content (AvgIpc) is 2.40. The zero-order valence-corrected chi connectivity index (χ0v) is 10.3. The number of hydrogen-bond donors (Lipinski definition) is 0. The first-order valence-corrected chi connectivity index (χ1v) is 6.25. The van der Waals surface area contributed by atoms with Crippen molar-refractivity contribution in [3.05, 3.63) is 30.1 Å². The van der Waals surface area contributed by atoms with Crippen molar-refractivity contribution >= 4 is 5.97 Å². The van der Waals surface area contributed by atoms with Crippen LogP contribution in [0.15, 0.2) is 24.4 Å². The second-order valence-electron chi connectivity index (χ2n) is 4.83. The van der Waals surface area contributed by atoms with Gasteiger partial charge in [-0.2, -0.15) is 0 Å². The van der Waals surface area contributed by atoms with Gasteiger partial charge in [0.15, 0.2) is 0 Å². The molecule has 0 atom stereocenters. The average molecular weight is 233 g/mol. The molecule has 3 nitrogen and oxygen atoms in total. The molecule has 2 rings (SSSR count). The summed E-state index contributed by atoms with van der Waals surface area (Å²) in [7, 11) is 1.48. The summed E-state index contributed by atoms with van der Waals surface area (Å²) in [5, 5.41) is 0. The van der Waals surface area contributed by atoms with E-state index in [4.69, 9.17) is 4.74 Å². The van der Waals surface area contributed by atoms with E-state index in [1.54, 1.807) is 6.20 Å². The van der Waals surface area contributed by atoms with Crippen LogP contribution in [0.4, 0.5) is 0 Å². The molecule has 0 N–H and O–H groups in total. The van der Waals surface area contributed by atoms with Crippen LogP contribution in [0.25, 0.3) is 0 Å². The number of pyridine rings is 1. The van der Waals surface area contributed by atoms with E-state index in [2.05, 4.69) is 4.98 Å². The number of esters is 1. The molecule has 1 aromatic rings. The number of nitrogens with zero attached hydrogens (tertiary/aromatic N) is 1. The topological polar surface area (TPSA) is 39.2 Å². The molecule has 1 aliphatic rings. The molecule has 17 heavy (non-hydrogen) atoms. The Kier molecular flexibility index (Phi) is 3.77. The van der Waals surface area contributed by atoms with Gasteiger partial charge in [-0.3, -0.25) is 9.78 Å². The minimum atomic E-state index is -0.332. The molecule has 1 aliphatic carbocycles. The van der Waals surface area contributed by atoms with Gasteiger partial charge >= 0.3 is 5.97 Å². The summed E-state index contributed by atoms with van der Waals surface area (Å²) >= 11 is 0. The highest BCUT2D eigenvalue weighted by atomic mass is 16.5. The van der Waals surface area contributed by atoms with E-state index < -0.39 is 0 Å². The summed E-state index contributed by atoms with van der Waals surface area (Å²) in [5.74, 6) is -0.0668. The highest BCUT2D eigenvalue weighted by Gasteiger charge is 2.40. The fraction of sp³-hybridized carbons (Fsp3) is 0.571. The quantitative estimate of drug-likeness (QED) is 0.753. The number of methoxy groups -OCH3 is 1. The summed E-state index contributed by atoms with van der Waals surface area (Å²) in [4.78, 5) is 16.4. The molecule has 0 bridgehead atoms. The maximum absolute atomic E-state index is 12.0. The van der Waals surface area contributed by atoms with Gasteiger partial charge in [0.25, 0.3) is 0 Å². The molecule has 1 saturated carbocycles. The molecular weight excluding hydrogens is 214 g/mol. The predicted molar refractivity (Wildman–Crippen MR) is 65.5 cm³/mol. The monoisotopic (exact) mass is 233 g/mol. The van der Waals surface area contributed by atoms with Crippen LogP contribution in [-0.4, -0.2) is 18.1 Å². The van der Waals surface area contributed by atoms with Gasteiger partial charge in [-0.15, -0.1) is 0 Å². The maximum Gasteiger partial charge on any atom is 0.312 e. The summed E-state index contributed by atoms with van der Waals surface area (Å²) in [5.41, 5.74) is 0.654. The van der Waals surface area contributed by atoms with Crippen molar-refractivity contribution in [3.8, 4) is 0 Å². The first-order chi connectivity index (χ1) is 8.27. The van der Waals surface area contributed by atoms with E-state index in [1.807, 2.05) is 18.2 Å². The third kappa shape index (κ3) is 2.65. The van der Waals surface area contributed by atoms with Crippen LogP contribution in [0.1, 0.15) is 37.8 Å². The van der Waals surface area contributed by atoms with Crippen molar-refractivity contribution in [1.82, 2.24) is 4.98 Å². The van der Waals surface area contributed by atoms with Gasteiger partial charge in [-0.1, -0.05) is 25.3 Å². The summed E-state index contributed by atoms with van der Waals surface area (Å²) < 4.78 is 5.00. The molecule has 0 spiro atoms. The van der Waals surface area contributed by atoms with Gasteiger partial charge in [0.05, 0.1) is 12.5 Å². The number of ether oxygens (including phenoxy) is 1. The van der Waals surface area contributed by atoms with Crippen molar-refractivity contribution < 1.29 is 9.53 Å². The normalized spacial score (nSPS) is 18.6. The Hall–Kier alpha value is -1.38. The lowest BCUT2D eigenvalue weighted by Crippen LogP contribution is -2.36. The standard InChI is InChI=1S/C14H19NO2/c1-17-13(16)14(8-4-2-5-9-14)11-12-7-3-6-10-15-12/h3,6-7,10H,2,4-5,8-9,11H2,1H3.